The van der Waals surface area contributed by atoms with E-state index in [-0.39, 0.29) is 6.10 Å². The minimum absolute atomic E-state index is 0.212. The lowest BCUT2D eigenvalue weighted by Crippen LogP contribution is -2.48. The van der Waals surface area contributed by atoms with Crippen molar-refractivity contribution in [2.24, 2.45) is 0 Å². The van der Waals surface area contributed by atoms with Gasteiger partial charge in [0.05, 0.1) is 11.1 Å². The monoisotopic (exact) mass is 266 g/mol. The number of piperazine rings is 1. The zero-order valence-electron chi connectivity index (χ0n) is 10.8. The van der Waals surface area contributed by atoms with E-state index in [2.05, 4.69) is 33.9 Å². The first-order chi connectivity index (χ1) is 8.79. The summed E-state index contributed by atoms with van der Waals surface area (Å²) in [6.07, 6.45) is 3.39. The lowest BCUT2D eigenvalue weighted by molar-refractivity contribution is 0.103. The van der Waals surface area contributed by atoms with Gasteiger partial charge < -0.3 is 10.0 Å². The van der Waals surface area contributed by atoms with Crippen LogP contribution in [0.1, 0.15) is 12.8 Å². The van der Waals surface area contributed by atoms with E-state index < -0.39 is 0 Å². The number of allylic oxidation sites excluding steroid dienone is 1. The Bertz CT molecular complexity index is 345. The molecule has 1 aromatic heterocycles. The fourth-order valence-electron chi connectivity index (χ4n) is 2.30. The van der Waals surface area contributed by atoms with Gasteiger partial charge in [-0.3, -0.25) is 4.90 Å². The van der Waals surface area contributed by atoms with Crippen LogP contribution in [0.4, 0.5) is 5.00 Å². The number of rotatable bonds is 6. The highest BCUT2D eigenvalue weighted by atomic mass is 32.1. The van der Waals surface area contributed by atoms with Crippen molar-refractivity contribution >= 4 is 16.3 Å². The van der Waals surface area contributed by atoms with Crippen LogP contribution in [0.2, 0.25) is 0 Å². The highest BCUT2D eigenvalue weighted by Crippen LogP contribution is 2.22. The Morgan fingerprint density at radius 1 is 1.39 bits per heavy atom. The first-order valence-corrected chi connectivity index (χ1v) is 7.47. The smallest absolute Gasteiger partial charge is 0.0909 e. The van der Waals surface area contributed by atoms with Crippen molar-refractivity contribution in [3.8, 4) is 0 Å². The molecule has 1 atom stereocenters. The summed E-state index contributed by atoms with van der Waals surface area (Å²) in [4.78, 5) is 4.79. The molecule has 0 spiro atoms. The molecule has 1 N–H and O–H groups in total. The number of thiophene rings is 1. The van der Waals surface area contributed by atoms with E-state index in [1.54, 1.807) is 11.3 Å². The number of hydrogen-bond acceptors (Lipinski definition) is 4. The number of nitrogens with zero attached hydrogens (tertiary/aromatic N) is 2. The summed E-state index contributed by atoms with van der Waals surface area (Å²) >= 11 is 1.80. The lowest BCUT2D eigenvalue weighted by Gasteiger charge is -2.36. The van der Waals surface area contributed by atoms with Gasteiger partial charge in [0.15, 0.2) is 0 Å². The van der Waals surface area contributed by atoms with Crippen LogP contribution in [0.25, 0.3) is 0 Å². The van der Waals surface area contributed by atoms with Gasteiger partial charge in [-0.25, -0.2) is 0 Å². The molecule has 1 aliphatic heterocycles. The second-order valence-electron chi connectivity index (χ2n) is 4.76. The molecule has 2 heterocycles. The number of anilines is 1. The molecule has 0 bridgehead atoms. The predicted molar refractivity (Wildman–Crippen MR) is 78.4 cm³/mol. The van der Waals surface area contributed by atoms with Crippen molar-refractivity contribution < 1.29 is 5.11 Å². The third-order valence-corrected chi connectivity index (χ3v) is 4.29. The van der Waals surface area contributed by atoms with Gasteiger partial charge in [-0.1, -0.05) is 6.08 Å². The minimum Gasteiger partial charge on any atom is -0.392 e. The molecule has 1 aliphatic rings. The van der Waals surface area contributed by atoms with Gasteiger partial charge in [0.1, 0.15) is 0 Å². The van der Waals surface area contributed by atoms with Crippen LogP contribution in [0.3, 0.4) is 0 Å². The minimum atomic E-state index is -0.212. The molecule has 100 valence electrons. The summed E-state index contributed by atoms with van der Waals surface area (Å²) in [5.74, 6) is 0. The van der Waals surface area contributed by atoms with E-state index in [1.165, 1.54) is 5.00 Å². The van der Waals surface area contributed by atoms with Crippen molar-refractivity contribution in [3.63, 3.8) is 0 Å². The summed E-state index contributed by atoms with van der Waals surface area (Å²) in [7, 11) is 0. The van der Waals surface area contributed by atoms with E-state index in [9.17, 15) is 5.11 Å². The van der Waals surface area contributed by atoms with Crippen molar-refractivity contribution in [3.05, 3.63) is 30.2 Å². The van der Waals surface area contributed by atoms with E-state index in [0.717, 1.165) is 45.6 Å². The van der Waals surface area contributed by atoms with Gasteiger partial charge in [-0.15, -0.1) is 17.9 Å². The van der Waals surface area contributed by atoms with Gasteiger partial charge in [0.2, 0.25) is 0 Å². The van der Waals surface area contributed by atoms with Crippen LogP contribution in [0, 0.1) is 0 Å². The van der Waals surface area contributed by atoms with Gasteiger partial charge in [-0.2, -0.15) is 0 Å². The van der Waals surface area contributed by atoms with Crippen LogP contribution in [0.15, 0.2) is 30.2 Å². The largest absolute Gasteiger partial charge is 0.392 e. The first kappa shape index (κ1) is 13.6. The third-order valence-electron chi connectivity index (χ3n) is 3.36. The van der Waals surface area contributed by atoms with E-state index in [0.29, 0.717) is 0 Å². The van der Waals surface area contributed by atoms with Crippen LogP contribution in [0.5, 0.6) is 0 Å². The van der Waals surface area contributed by atoms with Crippen LogP contribution >= 0.6 is 11.3 Å². The van der Waals surface area contributed by atoms with Crippen molar-refractivity contribution in [2.75, 3.05) is 37.6 Å². The SMILES string of the molecule is C=CCCC(O)CN1CCN(c2cccs2)CC1. The highest BCUT2D eigenvalue weighted by molar-refractivity contribution is 7.14. The van der Waals surface area contributed by atoms with E-state index >= 15 is 0 Å². The Labute approximate surface area is 113 Å². The highest BCUT2D eigenvalue weighted by Gasteiger charge is 2.19. The van der Waals surface area contributed by atoms with Gasteiger partial charge in [0, 0.05) is 32.7 Å². The third kappa shape index (κ3) is 3.83. The summed E-state index contributed by atoms with van der Waals surface area (Å²) in [5, 5.41) is 13.4. The van der Waals surface area contributed by atoms with E-state index in [1.807, 2.05) is 6.08 Å². The molecular weight excluding hydrogens is 244 g/mol. The molecule has 18 heavy (non-hydrogen) atoms. The van der Waals surface area contributed by atoms with Crippen molar-refractivity contribution in [1.29, 1.82) is 0 Å². The molecule has 1 fully saturated rings. The Balaban J connectivity index is 1.71. The fraction of sp³-hybridized carbons (Fsp3) is 0.571. The van der Waals surface area contributed by atoms with Crippen molar-refractivity contribution in [2.45, 2.75) is 18.9 Å². The van der Waals surface area contributed by atoms with Crippen LogP contribution in [-0.2, 0) is 0 Å². The Morgan fingerprint density at radius 2 is 2.17 bits per heavy atom. The summed E-state index contributed by atoms with van der Waals surface area (Å²) < 4.78 is 0. The molecule has 0 aromatic carbocycles. The topological polar surface area (TPSA) is 26.7 Å². The fourth-order valence-corrected chi connectivity index (χ4v) is 3.09. The van der Waals surface area contributed by atoms with Crippen LogP contribution in [-0.4, -0.2) is 48.8 Å². The van der Waals surface area contributed by atoms with E-state index in [4.69, 9.17) is 0 Å². The number of hydrogen-bond donors (Lipinski definition) is 1. The normalized spacial score (nSPS) is 18.8. The maximum atomic E-state index is 9.88. The molecule has 0 radical (unpaired) electrons. The zero-order valence-corrected chi connectivity index (χ0v) is 11.6. The van der Waals surface area contributed by atoms with Crippen LogP contribution < -0.4 is 4.90 Å². The quantitative estimate of drug-likeness (QED) is 0.800. The second kappa shape index (κ2) is 6.92. The average molecular weight is 266 g/mol. The molecule has 3 nitrogen and oxygen atoms in total. The lowest BCUT2D eigenvalue weighted by atomic mass is 10.1. The van der Waals surface area contributed by atoms with Gasteiger partial charge >= 0.3 is 0 Å². The summed E-state index contributed by atoms with van der Waals surface area (Å²) in [6.45, 7) is 8.70. The summed E-state index contributed by atoms with van der Waals surface area (Å²) in [5.41, 5.74) is 0. The molecule has 1 aromatic rings. The Hall–Kier alpha value is -0.840. The predicted octanol–water partition coefficient (Wildman–Crippen LogP) is 2.20. The molecule has 4 heteroatoms. The van der Waals surface area contributed by atoms with Gasteiger partial charge in [0.25, 0.3) is 0 Å². The molecule has 0 aliphatic carbocycles. The maximum Gasteiger partial charge on any atom is 0.0909 e. The number of aliphatic hydroxyl groups is 1. The van der Waals surface area contributed by atoms with Crippen molar-refractivity contribution in [1.82, 2.24) is 4.90 Å². The molecule has 1 unspecified atom stereocenters. The average Bonchev–Trinajstić information content (AvgIpc) is 2.91. The zero-order chi connectivity index (χ0) is 12.8. The summed E-state index contributed by atoms with van der Waals surface area (Å²) in [6, 6.07) is 4.28. The second-order valence-corrected chi connectivity index (χ2v) is 5.68. The first-order valence-electron chi connectivity index (χ1n) is 6.59. The maximum absolute atomic E-state index is 9.88. The standard InChI is InChI=1S/C14H22N2OS/c1-2-3-5-13(17)12-15-7-9-16(10-8-15)14-6-4-11-18-14/h2,4,6,11,13,17H,1,3,5,7-10,12H2. The molecule has 2 rings (SSSR count). The number of aliphatic hydroxyl groups excluding tert-OH is 1. The number of β-amino-alcohol motifs (C(OH)–C–C–N with tert-alkyl or cyclic N) is 1. The Kier molecular flexibility index (Phi) is 5.23. The molecular formula is C14H22N2OS. The Morgan fingerprint density at radius 3 is 2.78 bits per heavy atom. The molecule has 1 saturated heterocycles. The van der Waals surface area contributed by atoms with Gasteiger partial charge in [-0.05, 0) is 30.4 Å². The molecule has 0 amide bonds. The molecule has 0 saturated carbocycles.